The standard InChI is InChI=1S/C16H24O4S/c1-3-20-15-10-5-4-9-14(15)16(17)12-7-6-8-13(11-12)21(2,18)19/h4-5,9-10,12-13,16-17H,3,6-8,11H2,1-2H3. The summed E-state index contributed by atoms with van der Waals surface area (Å²) in [6.07, 6.45) is 3.55. The summed E-state index contributed by atoms with van der Waals surface area (Å²) in [7, 11) is -3.04. The second-order valence-corrected chi connectivity index (χ2v) is 8.12. The highest BCUT2D eigenvalue weighted by molar-refractivity contribution is 7.91. The first-order valence-electron chi connectivity index (χ1n) is 7.52. The Bertz CT molecular complexity index is 567. The van der Waals surface area contributed by atoms with Gasteiger partial charge < -0.3 is 9.84 Å². The molecule has 0 spiro atoms. The second-order valence-electron chi connectivity index (χ2n) is 5.79. The molecule has 5 heteroatoms. The minimum Gasteiger partial charge on any atom is -0.493 e. The van der Waals surface area contributed by atoms with E-state index in [1.807, 2.05) is 31.2 Å². The van der Waals surface area contributed by atoms with Gasteiger partial charge >= 0.3 is 0 Å². The third-order valence-corrected chi connectivity index (χ3v) is 5.90. The van der Waals surface area contributed by atoms with Crippen molar-refractivity contribution >= 4 is 9.84 Å². The number of benzene rings is 1. The first-order valence-corrected chi connectivity index (χ1v) is 9.47. The third kappa shape index (κ3) is 3.98. The zero-order chi connectivity index (χ0) is 15.5. The van der Waals surface area contributed by atoms with Crippen LogP contribution in [0.1, 0.15) is 44.3 Å². The van der Waals surface area contributed by atoms with Crippen LogP contribution in [0, 0.1) is 5.92 Å². The van der Waals surface area contributed by atoms with Gasteiger partial charge in [-0.2, -0.15) is 0 Å². The van der Waals surface area contributed by atoms with Gasteiger partial charge in [0, 0.05) is 11.8 Å². The van der Waals surface area contributed by atoms with Gasteiger partial charge in [0.05, 0.1) is 18.0 Å². The van der Waals surface area contributed by atoms with E-state index < -0.39 is 15.9 Å². The van der Waals surface area contributed by atoms with Crippen LogP contribution in [0.25, 0.3) is 0 Å². The van der Waals surface area contributed by atoms with Gasteiger partial charge in [0.2, 0.25) is 0 Å². The molecule has 1 aromatic carbocycles. The molecule has 0 heterocycles. The maximum atomic E-state index is 11.8. The van der Waals surface area contributed by atoms with E-state index in [1.54, 1.807) is 0 Å². The first-order chi connectivity index (χ1) is 9.93. The van der Waals surface area contributed by atoms with E-state index in [0.29, 0.717) is 25.2 Å². The van der Waals surface area contributed by atoms with E-state index in [0.717, 1.165) is 18.4 Å². The van der Waals surface area contributed by atoms with E-state index in [-0.39, 0.29) is 11.2 Å². The summed E-state index contributed by atoms with van der Waals surface area (Å²) in [5, 5.41) is 10.3. The van der Waals surface area contributed by atoms with Crippen LogP contribution in [0.2, 0.25) is 0 Å². The van der Waals surface area contributed by atoms with Gasteiger partial charge in [0.15, 0.2) is 0 Å². The van der Waals surface area contributed by atoms with Crippen molar-refractivity contribution in [3.8, 4) is 5.75 Å². The summed E-state index contributed by atoms with van der Waals surface area (Å²) < 4.78 is 29.1. The predicted octanol–water partition coefficient (Wildman–Crippen LogP) is 2.72. The highest BCUT2D eigenvalue weighted by Crippen LogP contribution is 2.39. The number of hydrogen-bond acceptors (Lipinski definition) is 4. The van der Waals surface area contributed by atoms with Crippen molar-refractivity contribution in [2.45, 2.75) is 44.0 Å². The fraction of sp³-hybridized carbons (Fsp3) is 0.625. The van der Waals surface area contributed by atoms with Crippen molar-refractivity contribution in [2.75, 3.05) is 12.9 Å². The Kier molecular flexibility index (Phi) is 5.27. The van der Waals surface area contributed by atoms with Crippen molar-refractivity contribution < 1.29 is 18.3 Å². The lowest BCUT2D eigenvalue weighted by atomic mass is 9.82. The number of aliphatic hydroxyl groups excluding tert-OH is 1. The van der Waals surface area contributed by atoms with E-state index in [1.165, 1.54) is 6.26 Å². The van der Waals surface area contributed by atoms with E-state index in [2.05, 4.69) is 0 Å². The second kappa shape index (κ2) is 6.79. The van der Waals surface area contributed by atoms with Crippen molar-refractivity contribution in [2.24, 2.45) is 5.92 Å². The largest absolute Gasteiger partial charge is 0.493 e. The summed E-state index contributed by atoms with van der Waals surface area (Å²) in [5.41, 5.74) is 0.763. The molecule has 3 atom stereocenters. The maximum Gasteiger partial charge on any atom is 0.150 e. The average molecular weight is 312 g/mol. The first kappa shape index (κ1) is 16.3. The van der Waals surface area contributed by atoms with Crippen LogP contribution in [0.3, 0.4) is 0 Å². The molecule has 1 fully saturated rings. The van der Waals surface area contributed by atoms with E-state index >= 15 is 0 Å². The molecule has 4 nitrogen and oxygen atoms in total. The smallest absolute Gasteiger partial charge is 0.150 e. The van der Waals surface area contributed by atoms with Gasteiger partial charge in [0.25, 0.3) is 0 Å². The molecule has 0 saturated heterocycles. The van der Waals surface area contributed by atoms with E-state index in [4.69, 9.17) is 4.74 Å². The highest BCUT2D eigenvalue weighted by Gasteiger charge is 2.33. The summed E-state index contributed by atoms with van der Waals surface area (Å²) in [6.45, 7) is 2.45. The molecule has 118 valence electrons. The Balaban J connectivity index is 2.18. The number of aliphatic hydroxyl groups is 1. The van der Waals surface area contributed by atoms with Crippen LogP contribution in [0.4, 0.5) is 0 Å². The molecule has 0 bridgehead atoms. The molecule has 1 aliphatic rings. The normalized spacial score (nSPS) is 24.5. The summed E-state index contributed by atoms with van der Waals surface area (Å²) >= 11 is 0. The average Bonchev–Trinajstić information content (AvgIpc) is 2.47. The Labute approximate surface area is 127 Å². The molecule has 0 amide bonds. The molecule has 1 aromatic rings. The van der Waals surface area contributed by atoms with Crippen LogP contribution in [-0.4, -0.2) is 31.6 Å². The van der Waals surface area contributed by atoms with Gasteiger partial charge in [-0.1, -0.05) is 24.6 Å². The molecule has 0 radical (unpaired) electrons. The number of hydrogen-bond donors (Lipinski definition) is 1. The lowest BCUT2D eigenvalue weighted by Gasteiger charge is -2.32. The lowest BCUT2D eigenvalue weighted by molar-refractivity contribution is 0.0827. The quantitative estimate of drug-likeness (QED) is 0.908. The molecule has 21 heavy (non-hydrogen) atoms. The molecule has 2 rings (SSSR count). The molecule has 3 unspecified atom stereocenters. The summed E-state index contributed by atoms with van der Waals surface area (Å²) in [6, 6.07) is 7.46. The molecular formula is C16H24O4S. The van der Waals surface area contributed by atoms with Crippen LogP contribution >= 0.6 is 0 Å². The molecule has 1 saturated carbocycles. The van der Waals surface area contributed by atoms with Crippen LogP contribution < -0.4 is 4.74 Å². The zero-order valence-corrected chi connectivity index (χ0v) is 13.5. The predicted molar refractivity (Wildman–Crippen MR) is 83.2 cm³/mol. The Morgan fingerprint density at radius 1 is 1.33 bits per heavy atom. The van der Waals surface area contributed by atoms with Crippen molar-refractivity contribution in [3.05, 3.63) is 29.8 Å². The Morgan fingerprint density at radius 2 is 2.05 bits per heavy atom. The number of rotatable bonds is 5. The lowest BCUT2D eigenvalue weighted by Crippen LogP contribution is -2.30. The van der Waals surface area contributed by atoms with Gasteiger partial charge in [-0.25, -0.2) is 8.42 Å². The van der Waals surface area contributed by atoms with Crippen molar-refractivity contribution in [1.82, 2.24) is 0 Å². The summed E-state index contributed by atoms with van der Waals surface area (Å²) in [5.74, 6) is 0.661. The number of sulfone groups is 1. The number of para-hydroxylation sites is 1. The van der Waals surface area contributed by atoms with Crippen LogP contribution in [0.5, 0.6) is 5.75 Å². The fourth-order valence-electron chi connectivity index (χ4n) is 3.12. The number of ether oxygens (including phenoxy) is 1. The van der Waals surface area contributed by atoms with E-state index in [9.17, 15) is 13.5 Å². The van der Waals surface area contributed by atoms with Crippen molar-refractivity contribution in [3.63, 3.8) is 0 Å². The third-order valence-electron chi connectivity index (χ3n) is 4.26. The molecule has 0 aliphatic heterocycles. The van der Waals surface area contributed by atoms with Gasteiger partial charge in [-0.3, -0.25) is 0 Å². The van der Waals surface area contributed by atoms with Gasteiger partial charge in [0.1, 0.15) is 15.6 Å². The minimum atomic E-state index is -3.04. The Hall–Kier alpha value is -1.07. The fourth-order valence-corrected chi connectivity index (χ4v) is 4.31. The highest BCUT2D eigenvalue weighted by atomic mass is 32.2. The summed E-state index contributed by atoms with van der Waals surface area (Å²) in [4.78, 5) is 0. The van der Waals surface area contributed by atoms with Gasteiger partial charge in [-0.05, 0) is 38.2 Å². The molecule has 1 aliphatic carbocycles. The molecule has 1 N–H and O–H groups in total. The van der Waals surface area contributed by atoms with Crippen LogP contribution in [-0.2, 0) is 9.84 Å². The SMILES string of the molecule is CCOc1ccccc1C(O)C1CCCC(S(C)(=O)=O)C1. The monoisotopic (exact) mass is 312 g/mol. The van der Waals surface area contributed by atoms with Crippen LogP contribution in [0.15, 0.2) is 24.3 Å². The Morgan fingerprint density at radius 3 is 2.71 bits per heavy atom. The zero-order valence-electron chi connectivity index (χ0n) is 12.7. The molecular weight excluding hydrogens is 288 g/mol. The van der Waals surface area contributed by atoms with Crippen molar-refractivity contribution in [1.29, 1.82) is 0 Å². The topological polar surface area (TPSA) is 63.6 Å². The minimum absolute atomic E-state index is 0.0277. The maximum absolute atomic E-state index is 11.8. The molecule has 0 aromatic heterocycles. The van der Waals surface area contributed by atoms with Gasteiger partial charge in [-0.15, -0.1) is 0 Å².